The Balaban J connectivity index is 1.32. The van der Waals surface area contributed by atoms with E-state index in [4.69, 9.17) is 15.0 Å². The van der Waals surface area contributed by atoms with Crippen molar-refractivity contribution in [1.29, 1.82) is 0 Å². The van der Waals surface area contributed by atoms with Crippen LogP contribution in [0.25, 0.3) is 33.6 Å². The fourth-order valence-electron chi connectivity index (χ4n) is 4.82. The minimum absolute atomic E-state index is 0.271. The maximum atomic E-state index is 9.63. The Kier molecular flexibility index (Phi) is 4.95. The highest BCUT2D eigenvalue weighted by molar-refractivity contribution is 5.86. The average Bonchev–Trinajstić information content (AvgIpc) is 3.58. The number of nitrogens with zero attached hydrogens (tertiary/aromatic N) is 9. The van der Waals surface area contributed by atoms with E-state index in [0.717, 1.165) is 48.5 Å². The van der Waals surface area contributed by atoms with Crippen molar-refractivity contribution in [2.45, 2.75) is 0 Å². The van der Waals surface area contributed by atoms with Crippen LogP contribution in [-0.4, -0.2) is 65.6 Å². The maximum absolute atomic E-state index is 9.63. The summed E-state index contributed by atoms with van der Waals surface area (Å²) in [5.74, 6) is 1.55. The zero-order valence-electron chi connectivity index (χ0n) is 19.9. The van der Waals surface area contributed by atoms with Crippen molar-refractivity contribution < 1.29 is 5.11 Å². The second-order valence-electron chi connectivity index (χ2n) is 8.95. The van der Waals surface area contributed by atoms with Crippen LogP contribution >= 0.6 is 0 Å². The summed E-state index contributed by atoms with van der Waals surface area (Å²) in [6.45, 7) is 3.14. The van der Waals surface area contributed by atoms with Gasteiger partial charge in [-0.15, -0.1) is 0 Å². The Labute approximate surface area is 212 Å². The third-order valence-corrected chi connectivity index (χ3v) is 6.75. The third-order valence-electron chi connectivity index (χ3n) is 6.75. The molecule has 6 aromatic rings. The number of phenolic OH excluding ortho intramolecular Hbond substituents is 1. The van der Waals surface area contributed by atoms with Gasteiger partial charge in [-0.05, 0) is 42.5 Å². The Hall–Kier alpha value is -4.99. The highest BCUT2D eigenvalue weighted by Crippen LogP contribution is 2.27. The van der Waals surface area contributed by atoms with Gasteiger partial charge >= 0.3 is 0 Å². The summed E-state index contributed by atoms with van der Waals surface area (Å²) < 4.78 is 3.78. The molecule has 182 valence electrons. The average molecular weight is 490 g/mol. The first-order chi connectivity index (χ1) is 18.2. The molecule has 0 aliphatic carbocycles. The first-order valence-electron chi connectivity index (χ1n) is 12.1. The number of anilines is 2. The first-order valence-corrected chi connectivity index (χ1v) is 12.1. The highest BCUT2D eigenvalue weighted by atomic mass is 16.3. The topological polar surface area (TPSA) is 101 Å². The van der Waals surface area contributed by atoms with Crippen LogP contribution in [0.4, 0.5) is 11.6 Å². The number of piperazine rings is 1. The molecule has 0 radical (unpaired) electrons. The van der Waals surface area contributed by atoms with Crippen LogP contribution in [0, 0.1) is 0 Å². The number of hydrogen-bond acceptors (Lipinski definition) is 8. The minimum atomic E-state index is 0.271. The summed E-state index contributed by atoms with van der Waals surface area (Å²) in [5, 5.41) is 15.3. The monoisotopic (exact) mass is 489 g/mol. The number of benzene rings is 2. The Morgan fingerprint density at radius 1 is 0.757 bits per heavy atom. The normalized spacial score (nSPS) is 14.1. The molecular formula is C27H23N9O. The molecule has 0 amide bonds. The SMILES string of the molecule is Oc1ccc(N2CCN(c3nc(-n4ncc5ccccc54)c4ncn(-c5cccnc5)c4n3)CC2)cc1. The van der Waals surface area contributed by atoms with E-state index in [-0.39, 0.29) is 5.75 Å². The van der Waals surface area contributed by atoms with Gasteiger partial charge in [-0.3, -0.25) is 9.55 Å². The van der Waals surface area contributed by atoms with E-state index in [1.54, 1.807) is 30.9 Å². The van der Waals surface area contributed by atoms with Crippen LogP contribution in [0.1, 0.15) is 0 Å². The second-order valence-corrected chi connectivity index (χ2v) is 8.95. The lowest BCUT2D eigenvalue weighted by molar-refractivity contribution is 0.475. The molecular weight excluding hydrogens is 466 g/mol. The minimum Gasteiger partial charge on any atom is -0.508 e. The molecule has 1 aliphatic rings. The van der Waals surface area contributed by atoms with E-state index >= 15 is 0 Å². The summed E-state index contributed by atoms with van der Waals surface area (Å²) in [7, 11) is 0. The molecule has 0 unspecified atom stereocenters. The summed E-state index contributed by atoms with van der Waals surface area (Å²) in [6.07, 6.45) is 7.15. The van der Waals surface area contributed by atoms with E-state index < -0.39 is 0 Å². The number of rotatable bonds is 4. The van der Waals surface area contributed by atoms with Gasteiger partial charge in [0.2, 0.25) is 5.95 Å². The molecule has 2 aromatic carbocycles. The first kappa shape index (κ1) is 21.3. The van der Waals surface area contributed by atoms with Crippen molar-refractivity contribution in [3.63, 3.8) is 0 Å². The molecule has 1 saturated heterocycles. The van der Waals surface area contributed by atoms with Crippen molar-refractivity contribution in [1.82, 2.24) is 34.3 Å². The van der Waals surface area contributed by atoms with Gasteiger partial charge in [-0.25, -0.2) is 9.67 Å². The Morgan fingerprint density at radius 2 is 1.57 bits per heavy atom. The largest absolute Gasteiger partial charge is 0.508 e. The number of fused-ring (bicyclic) bond motifs is 2. The molecule has 10 nitrogen and oxygen atoms in total. The molecule has 10 heteroatoms. The van der Waals surface area contributed by atoms with E-state index in [0.29, 0.717) is 22.9 Å². The fourth-order valence-corrected chi connectivity index (χ4v) is 4.82. The number of imidazole rings is 1. The van der Waals surface area contributed by atoms with Gasteiger partial charge in [-0.2, -0.15) is 15.1 Å². The number of aromatic nitrogens is 7. The molecule has 0 saturated carbocycles. The van der Waals surface area contributed by atoms with Crippen LogP contribution in [0.2, 0.25) is 0 Å². The summed E-state index contributed by atoms with van der Waals surface area (Å²) in [4.78, 5) is 23.5. The van der Waals surface area contributed by atoms with Crippen molar-refractivity contribution in [2.24, 2.45) is 0 Å². The smallest absolute Gasteiger partial charge is 0.229 e. The number of hydrogen-bond donors (Lipinski definition) is 1. The lowest BCUT2D eigenvalue weighted by Crippen LogP contribution is -2.47. The van der Waals surface area contributed by atoms with Gasteiger partial charge in [0.05, 0.1) is 23.6 Å². The van der Waals surface area contributed by atoms with Gasteiger partial charge < -0.3 is 14.9 Å². The lowest BCUT2D eigenvalue weighted by atomic mass is 10.2. The molecule has 1 fully saturated rings. The van der Waals surface area contributed by atoms with Gasteiger partial charge in [0.1, 0.15) is 12.1 Å². The standard InChI is InChI=1S/C27H23N9O/c37-22-9-7-20(8-10-22)33-12-14-34(15-13-33)27-31-25-24(29-18-35(25)21-5-3-11-28-17-21)26(32-27)36-23-6-2-1-4-19(23)16-30-36/h1-11,16-18,37H,12-15H2. The summed E-state index contributed by atoms with van der Waals surface area (Å²) in [5.41, 5.74) is 4.30. The predicted octanol–water partition coefficient (Wildman–Crippen LogP) is 3.58. The van der Waals surface area contributed by atoms with Crippen molar-refractivity contribution in [3.8, 4) is 17.3 Å². The molecule has 0 atom stereocenters. The second kappa shape index (κ2) is 8.59. The predicted molar refractivity (Wildman–Crippen MR) is 142 cm³/mol. The zero-order valence-corrected chi connectivity index (χ0v) is 19.9. The Morgan fingerprint density at radius 3 is 2.38 bits per heavy atom. The molecule has 7 rings (SSSR count). The van der Waals surface area contributed by atoms with Crippen molar-refractivity contribution >= 4 is 33.7 Å². The van der Waals surface area contributed by atoms with Gasteiger partial charge in [0, 0.05) is 43.4 Å². The lowest BCUT2D eigenvalue weighted by Gasteiger charge is -2.36. The Bertz CT molecular complexity index is 1700. The van der Waals surface area contributed by atoms with E-state index in [9.17, 15) is 5.11 Å². The van der Waals surface area contributed by atoms with Gasteiger partial charge in [-0.1, -0.05) is 18.2 Å². The number of para-hydroxylation sites is 1. The highest BCUT2D eigenvalue weighted by Gasteiger charge is 2.24. The summed E-state index contributed by atoms with van der Waals surface area (Å²) >= 11 is 0. The maximum Gasteiger partial charge on any atom is 0.229 e. The van der Waals surface area contributed by atoms with Gasteiger partial charge in [0.25, 0.3) is 0 Å². The molecule has 4 aromatic heterocycles. The number of phenols is 1. The van der Waals surface area contributed by atoms with Crippen LogP contribution in [-0.2, 0) is 0 Å². The molecule has 37 heavy (non-hydrogen) atoms. The van der Waals surface area contributed by atoms with Crippen LogP contribution < -0.4 is 9.80 Å². The zero-order chi connectivity index (χ0) is 24.8. The van der Waals surface area contributed by atoms with Crippen LogP contribution in [0.5, 0.6) is 5.75 Å². The molecule has 1 aliphatic heterocycles. The molecule has 5 heterocycles. The quantitative estimate of drug-likeness (QED) is 0.401. The fraction of sp³-hybridized carbons (Fsp3) is 0.148. The van der Waals surface area contributed by atoms with Crippen molar-refractivity contribution in [3.05, 3.63) is 85.6 Å². The van der Waals surface area contributed by atoms with E-state index in [1.165, 1.54) is 0 Å². The van der Waals surface area contributed by atoms with Crippen molar-refractivity contribution in [2.75, 3.05) is 36.0 Å². The van der Waals surface area contributed by atoms with Gasteiger partial charge in [0.15, 0.2) is 17.0 Å². The molecule has 1 N–H and O–H groups in total. The third kappa shape index (κ3) is 3.70. The molecule has 0 spiro atoms. The number of aromatic hydroxyl groups is 1. The summed E-state index contributed by atoms with van der Waals surface area (Å²) in [6, 6.07) is 19.3. The molecule has 0 bridgehead atoms. The van der Waals surface area contributed by atoms with Crippen LogP contribution in [0.3, 0.4) is 0 Å². The number of pyridine rings is 1. The van der Waals surface area contributed by atoms with E-state index in [2.05, 4.69) is 19.9 Å². The van der Waals surface area contributed by atoms with E-state index in [1.807, 2.05) is 64.0 Å². The van der Waals surface area contributed by atoms with Crippen LogP contribution in [0.15, 0.2) is 85.6 Å².